The number of benzene rings is 1. The highest BCUT2D eigenvalue weighted by molar-refractivity contribution is 5.55. The molecule has 0 N–H and O–H groups in total. The lowest BCUT2D eigenvalue weighted by atomic mass is 9.97. The van der Waals surface area contributed by atoms with Gasteiger partial charge in [-0.2, -0.15) is 4.98 Å². The van der Waals surface area contributed by atoms with Crippen molar-refractivity contribution in [3.05, 3.63) is 39.8 Å². The van der Waals surface area contributed by atoms with Crippen LogP contribution in [0, 0.1) is 17.0 Å². The predicted molar refractivity (Wildman–Crippen MR) is 90.6 cm³/mol. The van der Waals surface area contributed by atoms with Gasteiger partial charge in [-0.15, -0.1) is 0 Å². The van der Waals surface area contributed by atoms with E-state index >= 15 is 0 Å². The van der Waals surface area contributed by atoms with E-state index in [1.54, 1.807) is 13.0 Å². The molecule has 0 spiro atoms. The molecule has 1 aliphatic rings. The Morgan fingerprint density at radius 2 is 2.21 bits per heavy atom. The minimum Gasteiger partial charge on any atom is -0.371 e. The molecule has 1 aliphatic heterocycles. The van der Waals surface area contributed by atoms with Crippen LogP contribution in [0.4, 0.5) is 17.3 Å². The first-order chi connectivity index (χ1) is 11.5. The molecule has 1 saturated heterocycles. The summed E-state index contributed by atoms with van der Waals surface area (Å²) in [6, 6.07) is 5.26. The van der Waals surface area contributed by atoms with Gasteiger partial charge in [0.2, 0.25) is 5.89 Å². The number of nitro benzene ring substituents is 1. The summed E-state index contributed by atoms with van der Waals surface area (Å²) in [6.45, 7) is 3.46. The third-order valence-corrected chi connectivity index (χ3v) is 4.34. The smallest absolute Gasteiger partial charge is 0.272 e. The van der Waals surface area contributed by atoms with Gasteiger partial charge in [-0.05, 0) is 37.1 Å². The summed E-state index contributed by atoms with van der Waals surface area (Å²) in [5.74, 6) is 1.41. The van der Waals surface area contributed by atoms with Crippen molar-refractivity contribution < 1.29 is 9.45 Å². The lowest BCUT2D eigenvalue weighted by Crippen LogP contribution is -2.34. The molecule has 0 saturated carbocycles. The molecule has 0 amide bonds. The molecular weight excluding hydrogens is 310 g/mol. The first-order valence-corrected chi connectivity index (χ1v) is 7.96. The molecule has 8 nitrogen and oxygen atoms in total. The second kappa shape index (κ2) is 6.46. The molecule has 24 heavy (non-hydrogen) atoms. The molecule has 3 rings (SSSR count). The maximum absolute atomic E-state index is 11.0. The highest BCUT2D eigenvalue weighted by Gasteiger charge is 2.27. The fourth-order valence-corrected chi connectivity index (χ4v) is 3.03. The van der Waals surface area contributed by atoms with E-state index in [1.807, 2.05) is 31.1 Å². The van der Waals surface area contributed by atoms with E-state index in [2.05, 4.69) is 15.0 Å². The Kier molecular flexibility index (Phi) is 4.37. The molecule has 0 aliphatic carbocycles. The lowest BCUT2D eigenvalue weighted by molar-refractivity contribution is -0.385. The number of aromatic nitrogens is 2. The van der Waals surface area contributed by atoms with Gasteiger partial charge < -0.3 is 14.3 Å². The third kappa shape index (κ3) is 3.17. The van der Waals surface area contributed by atoms with E-state index in [1.165, 1.54) is 0 Å². The molecule has 1 aromatic heterocycles. The normalized spacial score (nSPS) is 17.8. The van der Waals surface area contributed by atoms with E-state index in [9.17, 15) is 10.1 Å². The largest absolute Gasteiger partial charge is 0.371 e. The standard InChI is InChI=1S/C16H21N5O3/c1-11-9-13(6-7-14(11)21(22)23)20-8-4-5-12(10-20)15-17-16(18-24-15)19(2)3/h6-7,9,12H,4-5,8,10H2,1-3H3. The van der Waals surface area contributed by atoms with Crippen LogP contribution in [0.2, 0.25) is 0 Å². The summed E-state index contributed by atoms with van der Waals surface area (Å²) < 4.78 is 5.41. The zero-order valence-corrected chi connectivity index (χ0v) is 14.1. The number of anilines is 2. The fourth-order valence-electron chi connectivity index (χ4n) is 3.03. The molecule has 1 aromatic carbocycles. The van der Waals surface area contributed by atoms with Gasteiger partial charge >= 0.3 is 0 Å². The van der Waals surface area contributed by atoms with Gasteiger partial charge in [0.25, 0.3) is 11.6 Å². The highest BCUT2D eigenvalue weighted by Crippen LogP contribution is 2.31. The summed E-state index contributed by atoms with van der Waals surface area (Å²) in [5.41, 5.74) is 1.82. The number of hydrogen-bond acceptors (Lipinski definition) is 7. The number of piperidine rings is 1. The number of nitro groups is 1. The van der Waals surface area contributed by atoms with Crippen LogP contribution in [0.5, 0.6) is 0 Å². The highest BCUT2D eigenvalue weighted by atomic mass is 16.6. The Morgan fingerprint density at radius 1 is 1.42 bits per heavy atom. The van der Waals surface area contributed by atoms with Gasteiger partial charge in [0.15, 0.2) is 0 Å². The van der Waals surface area contributed by atoms with E-state index in [0.29, 0.717) is 17.4 Å². The minimum atomic E-state index is -0.348. The maximum Gasteiger partial charge on any atom is 0.272 e. The molecule has 1 fully saturated rings. The Bertz CT molecular complexity index is 743. The average molecular weight is 331 g/mol. The number of hydrogen-bond donors (Lipinski definition) is 0. The van der Waals surface area contributed by atoms with Crippen LogP contribution in [0.1, 0.15) is 30.2 Å². The van der Waals surface area contributed by atoms with Crippen LogP contribution in [0.3, 0.4) is 0 Å². The minimum absolute atomic E-state index is 0.153. The molecule has 2 heterocycles. The van der Waals surface area contributed by atoms with Gasteiger partial charge in [0, 0.05) is 44.5 Å². The Balaban J connectivity index is 1.77. The van der Waals surface area contributed by atoms with Gasteiger partial charge in [-0.25, -0.2) is 0 Å². The lowest BCUT2D eigenvalue weighted by Gasteiger charge is -2.33. The van der Waals surface area contributed by atoms with Crippen molar-refractivity contribution in [3.63, 3.8) is 0 Å². The average Bonchev–Trinajstić information content (AvgIpc) is 3.05. The summed E-state index contributed by atoms with van der Waals surface area (Å²) in [4.78, 5) is 19.1. The van der Waals surface area contributed by atoms with Crippen LogP contribution in [0.25, 0.3) is 0 Å². The Morgan fingerprint density at radius 3 is 2.83 bits per heavy atom. The third-order valence-electron chi connectivity index (χ3n) is 4.34. The topological polar surface area (TPSA) is 88.5 Å². The fraction of sp³-hybridized carbons (Fsp3) is 0.500. The zero-order valence-electron chi connectivity index (χ0n) is 14.1. The van der Waals surface area contributed by atoms with Crippen molar-refractivity contribution in [1.29, 1.82) is 0 Å². The number of nitrogens with zero attached hydrogens (tertiary/aromatic N) is 5. The van der Waals surface area contributed by atoms with Crippen LogP contribution in [-0.4, -0.2) is 42.2 Å². The molecule has 0 bridgehead atoms. The number of rotatable bonds is 4. The number of aryl methyl sites for hydroxylation is 1. The van der Waals surface area contributed by atoms with Crippen molar-refractivity contribution in [2.24, 2.45) is 0 Å². The van der Waals surface area contributed by atoms with Gasteiger partial charge in [0.1, 0.15) is 0 Å². The van der Waals surface area contributed by atoms with Gasteiger partial charge in [-0.3, -0.25) is 10.1 Å². The molecule has 1 atom stereocenters. The zero-order chi connectivity index (χ0) is 17.3. The monoisotopic (exact) mass is 331 g/mol. The molecular formula is C16H21N5O3. The van der Waals surface area contributed by atoms with E-state index < -0.39 is 0 Å². The first kappa shape index (κ1) is 16.2. The van der Waals surface area contributed by atoms with Crippen molar-refractivity contribution in [1.82, 2.24) is 10.1 Å². The van der Waals surface area contributed by atoms with Crippen molar-refractivity contribution in [2.75, 3.05) is 37.0 Å². The predicted octanol–water partition coefficient (Wildman–Crippen LogP) is 2.74. The van der Waals surface area contributed by atoms with Crippen molar-refractivity contribution >= 4 is 17.3 Å². The van der Waals surface area contributed by atoms with Gasteiger partial charge in [0.05, 0.1) is 10.8 Å². The maximum atomic E-state index is 11.0. The van der Waals surface area contributed by atoms with E-state index in [-0.39, 0.29) is 16.5 Å². The summed E-state index contributed by atoms with van der Waals surface area (Å²) in [6.07, 6.45) is 2.01. The van der Waals surface area contributed by atoms with E-state index in [4.69, 9.17) is 4.52 Å². The summed E-state index contributed by atoms with van der Waals surface area (Å²) >= 11 is 0. The Hall–Kier alpha value is -2.64. The SMILES string of the molecule is Cc1cc(N2CCCC(c3nc(N(C)C)no3)C2)ccc1[N+](=O)[O-]. The second-order valence-electron chi connectivity index (χ2n) is 6.34. The quantitative estimate of drug-likeness (QED) is 0.628. The van der Waals surface area contributed by atoms with Gasteiger partial charge in [-0.1, -0.05) is 0 Å². The van der Waals surface area contributed by atoms with Crippen molar-refractivity contribution in [3.8, 4) is 0 Å². The molecule has 8 heteroatoms. The van der Waals surface area contributed by atoms with Crippen LogP contribution < -0.4 is 9.80 Å². The first-order valence-electron chi connectivity index (χ1n) is 7.96. The summed E-state index contributed by atoms with van der Waals surface area (Å²) in [7, 11) is 3.75. The van der Waals surface area contributed by atoms with Crippen LogP contribution in [-0.2, 0) is 0 Å². The summed E-state index contributed by atoms with van der Waals surface area (Å²) in [5, 5.41) is 14.9. The second-order valence-corrected chi connectivity index (χ2v) is 6.34. The molecule has 1 unspecified atom stereocenters. The Labute approximate surface area is 140 Å². The van der Waals surface area contributed by atoms with Crippen LogP contribution in [0.15, 0.2) is 22.7 Å². The molecule has 128 valence electrons. The molecule has 0 radical (unpaired) electrons. The van der Waals surface area contributed by atoms with E-state index in [0.717, 1.165) is 31.6 Å². The van der Waals surface area contributed by atoms with Crippen molar-refractivity contribution in [2.45, 2.75) is 25.7 Å². The molecule has 2 aromatic rings. The van der Waals surface area contributed by atoms with Crippen LogP contribution >= 0.6 is 0 Å².